The van der Waals surface area contributed by atoms with Gasteiger partial charge in [-0.2, -0.15) is 5.10 Å². The zero-order valence-corrected chi connectivity index (χ0v) is 8.70. The second-order valence-corrected chi connectivity index (χ2v) is 3.93. The van der Waals surface area contributed by atoms with Crippen molar-refractivity contribution in [2.24, 2.45) is 0 Å². The number of nitrogens with zero attached hydrogens (tertiary/aromatic N) is 2. The first kappa shape index (κ1) is 9.87. The van der Waals surface area contributed by atoms with Crippen LogP contribution in [-0.4, -0.2) is 22.9 Å². The number of rotatable bonds is 2. The molecule has 1 fully saturated rings. The molecule has 76 valence electrons. The van der Waals surface area contributed by atoms with Gasteiger partial charge < -0.3 is 4.74 Å². The largest absolute Gasteiger partial charge is 0.378 e. The average Bonchev–Trinajstić information content (AvgIpc) is 2.23. The summed E-state index contributed by atoms with van der Waals surface area (Å²) in [7, 11) is 0. The Kier molecular flexibility index (Phi) is 3.32. The van der Waals surface area contributed by atoms with Crippen molar-refractivity contribution in [1.82, 2.24) is 10.2 Å². The van der Waals surface area contributed by atoms with Crippen LogP contribution >= 0.6 is 11.6 Å². The molecule has 0 saturated carbocycles. The van der Waals surface area contributed by atoms with Crippen LogP contribution in [0.4, 0.5) is 0 Å². The van der Waals surface area contributed by atoms with Gasteiger partial charge in [0.15, 0.2) is 5.15 Å². The van der Waals surface area contributed by atoms with E-state index in [1.807, 2.05) is 6.07 Å². The first-order valence-electron chi connectivity index (χ1n) is 4.94. The molecule has 14 heavy (non-hydrogen) atoms. The summed E-state index contributed by atoms with van der Waals surface area (Å²) in [4.78, 5) is 0. The van der Waals surface area contributed by atoms with Crippen molar-refractivity contribution in [2.75, 3.05) is 6.61 Å². The van der Waals surface area contributed by atoms with Crippen LogP contribution < -0.4 is 0 Å². The lowest BCUT2D eigenvalue weighted by atomic mass is 10.0. The maximum absolute atomic E-state index is 5.65. The second kappa shape index (κ2) is 4.71. The van der Waals surface area contributed by atoms with Gasteiger partial charge in [-0.15, -0.1) is 5.10 Å². The highest BCUT2D eigenvalue weighted by atomic mass is 35.5. The minimum Gasteiger partial charge on any atom is -0.378 e. The smallest absolute Gasteiger partial charge is 0.151 e. The molecule has 1 aromatic rings. The lowest BCUT2D eigenvalue weighted by Crippen LogP contribution is -2.21. The Balaban J connectivity index is 1.92. The first-order valence-corrected chi connectivity index (χ1v) is 5.32. The summed E-state index contributed by atoms with van der Waals surface area (Å²) in [6.07, 6.45) is 4.74. The van der Waals surface area contributed by atoms with Crippen LogP contribution in [0.3, 0.4) is 0 Å². The third-order valence-corrected chi connectivity index (χ3v) is 2.60. The summed E-state index contributed by atoms with van der Waals surface area (Å²) >= 11 is 5.65. The van der Waals surface area contributed by atoms with E-state index in [-0.39, 0.29) is 0 Å². The fraction of sp³-hybridized carbons (Fsp3) is 0.600. The van der Waals surface area contributed by atoms with Gasteiger partial charge in [-0.1, -0.05) is 11.6 Å². The molecule has 0 N–H and O–H groups in total. The summed E-state index contributed by atoms with van der Waals surface area (Å²) in [6.45, 7) is 0.881. The molecule has 0 radical (unpaired) electrons. The molecule has 0 aliphatic carbocycles. The minimum atomic E-state index is 0.319. The summed E-state index contributed by atoms with van der Waals surface area (Å²) in [5.74, 6) is 0. The maximum Gasteiger partial charge on any atom is 0.151 e. The van der Waals surface area contributed by atoms with Gasteiger partial charge in [0, 0.05) is 13.0 Å². The van der Waals surface area contributed by atoms with Crippen LogP contribution in [0.15, 0.2) is 12.1 Å². The van der Waals surface area contributed by atoms with Crippen LogP contribution in [0.1, 0.15) is 25.0 Å². The number of hydrogen-bond acceptors (Lipinski definition) is 3. The Bertz CT molecular complexity index is 283. The molecule has 1 aliphatic heterocycles. The summed E-state index contributed by atoms with van der Waals surface area (Å²) in [5, 5.41) is 8.26. The third kappa shape index (κ3) is 2.66. The van der Waals surface area contributed by atoms with E-state index in [2.05, 4.69) is 10.2 Å². The van der Waals surface area contributed by atoms with Crippen LogP contribution in [-0.2, 0) is 11.2 Å². The Morgan fingerprint density at radius 2 is 2.29 bits per heavy atom. The zero-order chi connectivity index (χ0) is 9.80. The van der Waals surface area contributed by atoms with Crippen molar-refractivity contribution < 1.29 is 4.74 Å². The van der Waals surface area contributed by atoms with Crippen LogP contribution in [0.5, 0.6) is 0 Å². The lowest BCUT2D eigenvalue weighted by molar-refractivity contribution is 0.0161. The Morgan fingerprint density at radius 1 is 1.36 bits per heavy atom. The van der Waals surface area contributed by atoms with E-state index in [0.717, 1.165) is 25.1 Å². The van der Waals surface area contributed by atoms with E-state index in [1.54, 1.807) is 6.07 Å². The molecular weight excluding hydrogens is 200 g/mol. The fourth-order valence-electron chi connectivity index (χ4n) is 1.65. The predicted octanol–water partition coefficient (Wildman–Crippen LogP) is 2.24. The van der Waals surface area contributed by atoms with Gasteiger partial charge >= 0.3 is 0 Å². The van der Waals surface area contributed by atoms with Gasteiger partial charge in [-0.3, -0.25) is 0 Å². The normalized spacial score (nSPS) is 22.2. The Morgan fingerprint density at radius 3 is 2.93 bits per heavy atom. The van der Waals surface area contributed by atoms with Crippen molar-refractivity contribution in [3.8, 4) is 0 Å². The number of ether oxygens (including phenoxy) is 1. The van der Waals surface area contributed by atoms with Gasteiger partial charge in [0.05, 0.1) is 11.8 Å². The fourth-order valence-corrected chi connectivity index (χ4v) is 1.75. The van der Waals surface area contributed by atoms with Crippen molar-refractivity contribution in [2.45, 2.75) is 31.8 Å². The number of aromatic nitrogens is 2. The molecule has 0 amide bonds. The van der Waals surface area contributed by atoms with Crippen LogP contribution in [0.2, 0.25) is 5.15 Å². The van der Waals surface area contributed by atoms with Crippen molar-refractivity contribution in [3.05, 3.63) is 23.0 Å². The van der Waals surface area contributed by atoms with E-state index in [1.165, 1.54) is 12.8 Å². The van der Waals surface area contributed by atoms with E-state index < -0.39 is 0 Å². The van der Waals surface area contributed by atoms with Crippen molar-refractivity contribution >= 4 is 11.6 Å². The molecule has 2 heterocycles. The lowest BCUT2D eigenvalue weighted by Gasteiger charge is -2.21. The number of hydrogen-bond donors (Lipinski definition) is 0. The molecule has 0 bridgehead atoms. The predicted molar refractivity (Wildman–Crippen MR) is 54.3 cm³/mol. The van der Waals surface area contributed by atoms with Crippen LogP contribution in [0.25, 0.3) is 0 Å². The van der Waals surface area contributed by atoms with E-state index in [4.69, 9.17) is 16.3 Å². The minimum absolute atomic E-state index is 0.319. The standard InChI is InChI=1S/C10H13ClN2O/c11-10-5-4-8(12-13-10)7-9-3-1-2-6-14-9/h4-5,9H,1-3,6-7H2. The Labute approximate surface area is 88.4 Å². The topological polar surface area (TPSA) is 35.0 Å². The summed E-state index contributed by atoms with van der Waals surface area (Å²) in [6, 6.07) is 3.68. The SMILES string of the molecule is Clc1ccc(CC2CCCCO2)nn1. The molecule has 1 saturated heterocycles. The molecule has 0 aromatic carbocycles. The monoisotopic (exact) mass is 212 g/mol. The molecule has 2 rings (SSSR count). The highest BCUT2D eigenvalue weighted by Crippen LogP contribution is 2.16. The molecule has 1 aromatic heterocycles. The van der Waals surface area contributed by atoms with Gasteiger partial charge in [-0.05, 0) is 31.4 Å². The Hall–Kier alpha value is -0.670. The van der Waals surface area contributed by atoms with E-state index in [0.29, 0.717) is 11.3 Å². The number of halogens is 1. The molecule has 3 nitrogen and oxygen atoms in total. The van der Waals surface area contributed by atoms with Gasteiger partial charge in [0.1, 0.15) is 0 Å². The third-order valence-electron chi connectivity index (χ3n) is 2.40. The zero-order valence-electron chi connectivity index (χ0n) is 7.95. The van der Waals surface area contributed by atoms with E-state index in [9.17, 15) is 0 Å². The molecule has 1 aliphatic rings. The highest BCUT2D eigenvalue weighted by Gasteiger charge is 2.14. The highest BCUT2D eigenvalue weighted by molar-refractivity contribution is 6.29. The summed E-state index contributed by atoms with van der Waals surface area (Å²) < 4.78 is 5.61. The molecule has 1 unspecified atom stereocenters. The van der Waals surface area contributed by atoms with Gasteiger partial charge in [0.25, 0.3) is 0 Å². The van der Waals surface area contributed by atoms with Gasteiger partial charge in [0.2, 0.25) is 0 Å². The molecule has 4 heteroatoms. The molecule has 1 atom stereocenters. The van der Waals surface area contributed by atoms with E-state index >= 15 is 0 Å². The first-order chi connectivity index (χ1) is 6.84. The van der Waals surface area contributed by atoms with Crippen molar-refractivity contribution in [1.29, 1.82) is 0 Å². The second-order valence-electron chi connectivity index (χ2n) is 3.54. The van der Waals surface area contributed by atoms with Gasteiger partial charge in [-0.25, -0.2) is 0 Å². The molecular formula is C10H13ClN2O. The maximum atomic E-state index is 5.65. The van der Waals surface area contributed by atoms with Crippen LogP contribution in [0, 0.1) is 0 Å². The quantitative estimate of drug-likeness (QED) is 0.754. The summed E-state index contributed by atoms with van der Waals surface area (Å²) in [5.41, 5.74) is 0.960. The average molecular weight is 213 g/mol. The van der Waals surface area contributed by atoms with Crippen molar-refractivity contribution in [3.63, 3.8) is 0 Å². The molecule has 0 spiro atoms.